The largest absolute Gasteiger partial charge is 0.395 e. The topological polar surface area (TPSA) is 69.5 Å². The third-order valence-electron chi connectivity index (χ3n) is 1.91. The second-order valence-electron chi connectivity index (χ2n) is 3.07. The Morgan fingerprint density at radius 1 is 1.13 bits per heavy atom. The van der Waals surface area contributed by atoms with Gasteiger partial charge in [0.25, 0.3) is 0 Å². The van der Waals surface area contributed by atoms with E-state index < -0.39 is 0 Å². The van der Waals surface area contributed by atoms with Crippen molar-refractivity contribution in [3.63, 3.8) is 0 Å². The zero-order chi connectivity index (χ0) is 11.1. The van der Waals surface area contributed by atoms with Crippen LogP contribution in [-0.4, -0.2) is 51.6 Å². The lowest BCUT2D eigenvalue weighted by Crippen LogP contribution is -2.29. The van der Waals surface area contributed by atoms with Crippen LogP contribution >= 0.6 is 11.6 Å². The quantitative estimate of drug-likeness (QED) is 0.717. The molecule has 0 atom stereocenters. The van der Waals surface area contributed by atoms with E-state index in [4.69, 9.17) is 21.8 Å². The summed E-state index contributed by atoms with van der Waals surface area (Å²) in [5.74, 6) is 0. The van der Waals surface area contributed by atoms with E-state index in [1.54, 1.807) is 12.1 Å². The summed E-state index contributed by atoms with van der Waals surface area (Å²) in [6, 6.07) is 3.44. The molecule has 6 heteroatoms. The van der Waals surface area contributed by atoms with Crippen LogP contribution in [0, 0.1) is 0 Å². The number of hydrogen-bond donors (Lipinski definition) is 2. The van der Waals surface area contributed by atoms with Crippen LogP contribution in [-0.2, 0) is 6.54 Å². The van der Waals surface area contributed by atoms with E-state index in [2.05, 4.69) is 10.2 Å². The van der Waals surface area contributed by atoms with Gasteiger partial charge in [-0.15, -0.1) is 5.10 Å². The van der Waals surface area contributed by atoms with Crippen LogP contribution in [0.4, 0.5) is 0 Å². The van der Waals surface area contributed by atoms with Crippen LogP contribution in [0.25, 0.3) is 0 Å². The van der Waals surface area contributed by atoms with Gasteiger partial charge in [-0.1, -0.05) is 11.6 Å². The molecule has 0 aliphatic rings. The SMILES string of the molecule is OCCN(CCO)Cc1ccc(Cl)nn1. The molecule has 0 fully saturated rings. The van der Waals surface area contributed by atoms with Crippen molar-refractivity contribution >= 4 is 11.6 Å². The van der Waals surface area contributed by atoms with Crippen LogP contribution in [0.2, 0.25) is 5.15 Å². The summed E-state index contributed by atoms with van der Waals surface area (Å²) in [4.78, 5) is 1.89. The first kappa shape index (κ1) is 12.3. The molecule has 0 aromatic carbocycles. The third kappa shape index (κ3) is 4.53. The normalized spacial score (nSPS) is 10.9. The van der Waals surface area contributed by atoms with Gasteiger partial charge in [0.15, 0.2) is 5.15 Å². The number of aliphatic hydroxyl groups excluding tert-OH is 2. The molecule has 1 aromatic heterocycles. The lowest BCUT2D eigenvalue weighted by Gasteiger charge is -2.18. The summed E-state index contributed by atoms with van der Waals surface area (Å²) in [5, 5.41) is 25.6. The van der Waals surface area contributed by atoms with Gasteiger partial charge in [-0.05, 0) is 12.1 Å². The Morgan fingerprint density at radius 3 is 2.27 bits per heavy atom. The minimum absolute atomic E-state index is 0.0566. The Bertz CT molecular complexity index is 275. The molecule has 0 aliphatic heterocycles. The first-order valence-electron chi connectivity index (χ1n) is 4.68. The summed E-state index contributed by atoms with van der Waals surface area (Å²) in [6.45, 7) is 1.67. The van der Waals surface area contributed by atoms with Gasteiger partial charge >= 0.3 is 0 Å². The van der Waals surface area contributed by atoms with Gasteiger partial charge in [-0.25, -0.2) is 0 Å². The molecular weight excluding hydrogens is 218 g/mol. The molecule has 0 bridgehead atoms. The van der Waals surface area contributed by atoms with E-state index in [-0.39, 0.29) is 13.2 Å². The third-order valence-corrected chi connectivity index (χ3v) is 2.11. The smallest absolute Gasteiger partial charge is 0.151 e. The first-order valence-corrected chi connectivity index (χ1v) is 5.06. The minimum Gasteiger partial charge on any atom is -0.395 e. The maximum Gasteiger partial charge on any atom is 0.151 e. The van der Waals surface area contributed by atoms with Crippen molar-refractivity contribution in [3.8, 4) is 0 Å². The van der Waals surface area contributed by atoms with Gasteiger partial charge in [-0.2, -0.15) is 5.10 Å². The lowest BCUT2D eigenvalue weighted by atomic mass is 10.3. The summed E-state index contributed by atoms with van der Waals surface area (Å²) in [7, 11) is 0. The van der Waals surface area contributed by atoms with Crippen LogP contribution in [0.3, 0.4) is 0 Å². The Balaban J connectivity index is 2.53. The Kier molecular flexibility index (Phi) is 5.49. The fraction of sp³-hybridized carbons (Fsp3) is 0.556. The van der Waals surface area contributed by atoms with Gasteiger partial charge in [0, 0.05) is 19.6 Å². The van der Waals surface area contributed by atoms with Crippen molar-refractivity contribution in [1.29, 1.82) is 0 Å². The molecule has 0 saturated carbocycles. The molecule has 0 aliphatic carbocycles. The number of rotatable bonds is 6. The van der Waals surface area contributed by atoms with Crippen LogP contribution < -0.4 is 0 Å². The molecule has 0 radical (unpaired) electrons. The highest BCUT2D eigenvalue weighted by molar-refractivity contribution is 6.29. The van der Waals surface area contributed by atoms with Crippen molar-refractivity contribution in [3.05, 3.63) is 23.0 Å². The van der Waals surface area contributed by atoms with Crippen molar-refractivity contribution in [2.75, 3.05) is 26.3 Å². The van der Waals surface area contributed by atoms with E-state index in [0.717, 1.165) is 5.69 Å². The molecule has 0 unspecified atom stereocenters. The van der Waals surface area contributed by atoms with Gasteiger partial charge in [0.2, 0.25) is 0 Å². The van der Waals surface area contributed by atoms with Crippen molar-refractivity contribution in [2.24, 2.45) is 0 Å². The zero-order valence-electron chi connectivity index (χ0n) is 8.30. The molecular formula is C9H14ClN3O2. The maximum absolute atomic E-state index is 8.80. The molecule has 0 spiro atoms. The van der Waals surface area contributed by atoms with E-state index in [0.29, 0.717) is 24.8 Å². The summed E-state index contributed by atoms with van der Waals surface area (Å²) < 4.78 is 0. The molecule has 5 nitrogen and oxygen atoms in total. The number of halogens is 1. The number of aromatic nitrogens is 2. The predicted molar refractivity (Wildman–Crippen MR) is 56.5 cm³/mol. The predicted octanol–water partition coefficient (Wildman–Crippen LogP) is -0.0834. The number of nitrogens with zero attached hydrogens (tertiary/aromatic N) is 3. The van der Waals surface area contributed by atoms with Crippen LogP contribution in [0.15, 0.2) is 12.1 Å². The molecule has 0 saturated heterocycles. The molecule has 84 valence electrons. The summed E-state index contributed by atoms with van der Waals surface area (Å²) in [5.41, 5.74) is 0.765. The summed E-state index contributed by atoms with van der Waals surface area (Å²) in [6.07, 6.45) is 0. The van der Waals surface area contributed by atoms with Crippen LogP contribution in [0.5, 0.6) is 0 Å². The molecule has 1 heterocycles. The fourth-order valence-corrected chi connectivity index (χ4v) is 1.31. The molecule has 1 rings (SSSR count). The molecule has 0 amide bonds. The maximum atomic E-state index is 8.80. The minimum atomic E-state index is 0.0566. The second-order valence-corrected chi connectivity index (χ2v) is 3.46. The molecule has 2 N–H and O–H groups in total. The van der Waals surface area contributed by atoms with Crippen molar-refractivity contribution < 1.29 is 10.2 Å². The van der Waals surface area contributed by atoms with Crippen molar-refractivity contribution in [2.45, 2.75) is 6.54 Å². The van der Waals surface area contributed by atoms with E-state index in [9.17, 15) is 0 Å². The lowest BCUT2D eigenvalue weighted by molar-refractivity contribution is 0.154. The molecule has 15 heavy (non-hydrogen) atoms. The van der Waals surface area contributed by atoms with E-state index in [1.165, 1.54) is 0 Å². The van der Waals surface area contributed by atoms with E-state index >= 15 is 0 Å². The Morgan fingerprint density at radius 2 is 1.80 bits per heavy atom. The molecule has 1 aromatic rings. The van der Waals surface area contributed by atoms with Gasteiger partial charge < -0.3 is 10.2 Å². The Hall–Kier alpha value is -0.750. The van der Waals surface area contributed by atoms with Gasteiger partial charge in [0.1, 0.15) is 0 Å². The number of hydrogen-bond acceptors (Lipinski definition) is 5. The highest BCUT2D eigenvalue weighted by Gasteiger charge is 2.05. The van der Waals surface area contributed by atoms with Crippen molar-refractivity contribution in [1.82, 2.24) is 15.1 Å². The average Bonchev–Trinajstić information content (AvgIpc) is 2.22. The highest BCUT2D eigenvalue weighted by atomic mass is 35.5. The second kappa shape index (κ2) is 6.68. The average molecular weight is 232 g/mol. The first-order chi connectivity index (χ1) is 7.26. The highest BCUT2D eigenvalue weighted by Crippen LogP contribution is 2.04. The van der Waals surface area contributed by atoms with E-state index in [1.807, 2.05) is 4.90 Å². The fourth-order valence-electron chi connectivity index (χ4n) is 1.21. The zero-order valence-corrected chi connectivity index (χ0v) is 9.06. The standard InChI is InChI=1S/C9H14ClN3O2/c10-9-2-1-8(11-12-9)7-13(3-5-14)4-6-15/h1-2,14-15H,3-7H2. The number of aliphatic hydroxyl groups is 2. The summed E-state index contributed by atoms with van der Waals surface area (Å²) >= 11 is 5.60. The van der Waals surface area contributed by atoms with Gasteiger partial charge in [-0.3, -0.25) is 4.90 Å². The van der Waals surface area contributed by atoms with Gasteiger partial charge in [0.05, 0.1) is 18.9 Å². The monoisotopic (exact) mass is 231 g/mol. The van der Waals surface area contributed by atoms with Crippen LogP contribution in [0.1, 0.15) is 5.69 Å². The Labute approximate surface area is 93.3 Å².